The molecule has 2 aliphatic rings. The number of anilines is 1. The maximum Gasteiger partial charge on any atom is 0.191 e. The molecule has 2 N–H and O–H groups in total. The van der Waals surface area contributed by atoms with E-state index in [2.05, 4.69) is 32.4 Å². The molecule has 2 unspecified atom stereocenters. The Morgan fingerprint density at radius 1 is 1.33 bits per heavy atom. The van der Waals surface area contributed by atoms with Gasteiger partial charge in [-0.25, -0.2) is 9.37 Å². The molecule has 152 valence electrons. The summed E-state index contributed by atoms with van der Waals surface area (Å²) in [4.78, 5) is 13.1. The van der Waals surface area contributed by atoms with Gasteiger partial charge in [-0.15, -0.1) is 24.0 Å². The average Bonchev–Trinajstić information content (AvgIpc) is 3.14. The number of nitrogens with one attached hydrogen (secondary N) is 2. The van der Waals surface area contributed by atoms with Crippen molar-refractivity contribution in [2.75, 3.05) is 51.2 Å². The predicted octanol–water partition coefficient (Wildman–Crippen LogP) is 2.31. The molecular weight excluding hydrogens is 458 g/mol. The van der Waals surface area contributed by atoms with Crippen molar-refractivity contribution in [3.05, 3.63) is 24.1 Å². The maximum atomic E-state index is 13.9. The summed E-state index contributed by atoms with van der Waals surface area (Å²) in [5.74, 6) is 1.70. The molecule has 0 aromatic carbocycles. The molecule has 8 heteroatoms. The van der Waals surface area contributed by atoms with Gasteiger partial charge < -0.3 is 20.4 Å². The molecule has 0 saturated carbocycles. The lowest BCUT2D eigenvalue weighted by Crippen LogP contribution is -2.47. The zero-order valence-corrected chi connectivity index (χ0v) is 18.7. The fourth-order valence-electron chi connectivity index (χ4n) is 3.91. The fraction of sp³-hybridized carbons (Fsp3) is 0.684. The van der Waals surface area contributed by atoms with E-state index < -0.39 is 0 Å². The van der Waals surface area contributed by atoms with Gasteiger partial charge in [0.25, 0.3) is 0 Å². The van der Waals surface area contributed by atoms with E-state index in [-0.39, 0.29) is 35.8 Å². The molecule has 2 saturated heterocycles. The fourth-order valence-corrected chi connectivity index (χ4v) is 3.91. The van der Waals surface area contributed by atoms with Gasteiger partial charge in [-0.3, -0.25) is 4.99 Å². The van der Waals surface area contributed by atoms with E-state index in [1.165, 1.54) is 25.5 Å². The largest absolute Gasteiger partial charge is 0.356 e. The van der Waals surface area contributed by atoms with E-state index in [9.17, 15) is 4.39 Å². The summed E-state index contributed by atoms with van der Waals surface area (Å²) in [5.41, 5.74) is 0. The van der Waals surface area contributed by atoms with Crippen LogP contribution in [0.1, 0.15) is 26.2 Å². The summed E-state index contributed by atoms with van der Waals surface area (Å²) < 4.78 is 13.9. The van der Waals surface area contributed by atoms with Crippen LogP contribution in [-0.2, 0) is 0 Å². The summed E-state index contributed by atoms with van der Waals surface area (Å²) in [6, 6.07) is 3.34. The van der Waals surface area contributed by atoms with Gasteiger partial charge >= 0.3 is 0 Å². The Morgan fingerprint density at radius 2 is 2.19 bits per heavy atom. The Bertz CT molecular complexity index is 614. The highest BCUT2D eigenvalue weighted by atomic mass is 127. The second-order valence-electron chi connectivity index (χ2n) is 7.24. The Hall–Kier alpha value is -1.16. The molecule has 1 aromatic rings. The highest BCUT2D eigenvalue weighted by Gasteiger charge is 2.26. The lowest BCUT2D eigenvalue weighted by atomic mass is 9.98. The number of guanidine groups is 1. The van der Waals surface area contributed by atoms with Gasteiger partial charge in [0.2, 0.25) is 0 Å². The summed E-state index contributed by atoms with van der Waals surface area (Å²) >= 11 is 0. The minimum Gasteiger partial charge on any atom is -0.356 e. The number of piperidine rings is 1. The number of likely N-dealkylation sites (tertiary alicyclic amines) is 1. The average molecular weight is 490 g/mol. The molecule has 2 aliphatic heterocycles. The number of pyridine rings is 1. The first-order valence-corrected chi connectivity index (χ1v) is 9.74. The van der Waals surface area contributed by atoms with Crippen LogP contribution in [0.4, 0.5) is 10.2 Å². The lowest BCUT2D eigenvalue weighted by Gasteiger charge is -2.32. The molecule has 2 fully saturated rings. The first-order valence-electron chi connectivity index (χ1n) is 9.74. The molecule has 0 aliphatic carbocycles. The molecule has 0 amide bonds. The van der Waals surface area contributed by atoms with E-state index in [1.54, 1.807) is 19.3 Å². The maximum absolute atomic E-state index is 13.9. The van der Waals surface area contributed by atoms with Gasteiger partial charge in [0.15, 0.2) is 17.6 Å². The molecule has 0 bridgehead atoms. The molecule has 27 heavy (non-hydrogen) atoms. The normalized spacial score (nSPS) is 23.8. The third-order valence-electron chi connectivity index (χ3n) is 5.40. The number of aliphatic imine (C=N–C) groups is 1. The summed E-state index contributed by atoms with van der Waals surface area (Å²) in [6.07, 6.45) is 5.14. The SMILES string of the molecule is CCN1CCCC(CNC(=NC)NC2CCN(c3ncccc3F)C2)C1.I. The quantitative estimate of drug-likeness (QED) is 0.377. The van der Waals surface area contributed by atoms with Crippen LogP contribution in [-0.4, -0.2) is 68.2 Å². The van der Waals surface area contributed by atoms with E-state index in [4.69, 9.17) is 0 Å². The minimum absolute atomic E-state index is 0. The molecule has 0 radical (unpaired) electrons. The van der Waals surface area contributed by atoms with E-state index in [1.807, 2.05) is 4.90 Å². The summed E-state index contributed by atoms with van der Waals surface area (Å²) in [6.45, 7) is 8.23. The van der Waals surface area contributed by atoms with Crippen molar-refractivity contribution in [1.29, 1.82) is 0 Å². The Kier molecular flexibility index (Phi) is 9.01. The van der Waals surface area contributed by atoms with E-state index >= 15 is 0 Å². The van der Waals surface area contributed by atoms with Crippen LogP contribution >= 0.6 is 24.0 Å². The zero-order chi connectivity index (χ0) is 18.4. The van der Waals surface area contributed by atoms with Gasteiger partial charge in [0.05, 0.1) is 0 Å². The highest BCUT2D eigenvalue weighted by molar-refractivity contribution is 14.0. The van der Waals surface area contributed by atoms with E-state index in [0.29, 0.717) is 11.7 Å². The number of hydrogen-bond donors (Lipinski definition) is 2. The van der Waals surface area contributed by atoms with Gasteiger partial charge in [0.1, 0.15) is 0 Å². The Balaban J connectivity index is 0.00000261. The van der Waals surface area contributed by atoms with Crippen molar-refractivity contribution in [2.45, 2.75) is 32.2 Å². The van der Waals surface area contributed by atoms with E-state index in [0.717, 1.165) is 45.1 Å². The van der Waals surface area contributed by atoms with Crippen molar-refractivity contribution in [1.82, 2.24) is 20.5 Å². The third kappa shape index (κ3) is 6.17. The topological polar surface area (TPSA) is 55.8 Å². The van der Waals surface area contributed by atoms with Gasteiger partial charge in [-0.1, -0.05) is 6.92 Å². The van der Waals surface area contributed by atoms with Crippen molar-refractivity contribution in [3.8, 4) is 0 Å². The van der Waals surface area contributed by atoms with Crippen molar-refractivity contribution in [3.63, 3.8) is 0 Å². The number of hydrogen-bond acceptors (Lipinski definition) is 4. The summed E-state index contributed by atoms with van der Waals surface area (Å²) in [5, 5.41) is 6.96. The number of aromatic nitrogens is 1. The zero-order valence-electron chi connectivity index (χ0n) is 16.3. The van der Waals surface area contributed by atoms with Crippen LogP contribution in [0.2, 0.25) is 0 Å². The predicted molar refractivity (Wildman–Crippen MR) is 120 cm³/mol. The Labute approximate surface area is 179 Å². The molecule has 6 nitrogen and oxygen atoms in total. The van der Waals surface area contributed by atoms with Gasteiger partial charge in [0, 0.05) is 45.5 Å². The van der Waals surface area contributed by atoms with Crippen LogP contribution in [0.3, 0.4) is 0 Å². The lowest BCUT2D eigenvalue weighted by molar-refractivity contribution is 0.183. The minimum atomic E-state index is -0.256. The molecule has 0 spiro atoms. The molecule has 3 rings (SSSR count). The summed E-state index contributed by atoms with van der Waals surface area (Å²) in [7, 11) is 1.81. The first-order chi connectivity index (χ1) is 12.7. The highest BCUT2D eigenvalue weighted by Crippen LogP contribution is 2.20. The van der Waals surface area contributed by atoms with Crippen LogP contribution in [0.15, 0.2) is 23.3 Å². The van der Waals surface area contributed by atoms with Crippen LogP contribution in [0.25, 0.3) is 0 Å². The number of rotatable bonds is 5. The third-order valence-corrected chi connectivity index (χ3v) is 5.40. The second-order valence-corrected chi connectivity index (χ2v) is 7.24. The smallest absolute Gasteiger partial charge is 0.191 e. The van der Waals surface area contributed by atoms with Gasteiger partial charge in [-0.05, 0) is 50.4 Å². The number of nitrogens with zero attached hydrogens (tertiary/aromatic N) is 4. The first kappa shape index (κ1) is 22.1. The second kappa shape index (κ2) is 11.0. The molecule has 1 aromatic heterocycles. The monoisotopic (exact) mass is 490 g/mol. The molecule has 3 heterocycles. The van der Waals surface area contributed by atoms with Crippen molar-refractivity contribution in [2.24, 2.45) is 10.9 Å². The van der Waals surface area contributed by atoms with Crippen LogP contribution < -0.4 is 15.5 Å². The molecular formula is C19H32FIN6. The number of halogens is 2. The molecule has 2 atom stereocenters. The van der Waals surface area contributed by atoms with Crippen LogP contribution in [0, 0.1) is 11.7 Å². The van der Waals surface area contributed by atoms with Crippen molar-refractivity contribution >= 4 is 35.8 Å². The standard InChI is InChI=1S/C19H31FN6.HI/c1-3-25-10-5-6-15(13-25)12-23-19(21-2)24-16-8-11-26(14-16)18-17(20)7-4-9-22-18;/h4,7,9,15-16H,3,5-6,8,10-14H2,1-2H3,(H2,21,23,24);1H. The van der Waals surface area contributed by atoms with Crippen molar-refractivity contribution < 1.29 is 4.39 Å². The van der Waals surface area contributed by atoms with Crippen LogP contribution in [0.5, 0.6) is 0 Å². The Morgan fingerprint density at radius 3 is 2.93 bits per heavy atom. The van der Waals surface area contributed by atoms with Gasteiger partial charge in [-0.2, -0.15) is 0 Å².